The summed E-state index contributed by atoms with van der Waals surface area (Å²) < 4.78 is 0. The molecule has 1 N–H and O–H groups in total. The van der Waals surface area contributed by atoms with Crippen molar-refractivity contribution in [3.63, 3.8) is 0 Å². The Kier molecular flexibility index (Phi) is 8.09. The molecule has 1 aromatic carbocycles. The molecule has 2 amide bonds. The molecule has 3 rings (SSSR count). The van der Waals surface area contributed by atoms with E-state index in [1.54, 1.807) is 6.08 Å². The maximum atomic E-state index is 12.7. The minimum atomic E-state index is 0.0814. The third-order valence-electron chi connectivity index (χ3n) is 5.75. The second kappa shape index (κ2) is 11.0. The molecule has 2 aliphatic rings. The van der Waals surface area contributed by atoms with Gasteiger partial charge in [-0.2, -0.15) is 0 Å². The van der Waals surface area contributed by atoms with Crippen LogP contribution in [0.2, 0.25) is 0 Å². The summed E-state index contributed by atoms with van der Waals surface area (Å²) in [6.07, 6.45) is 10.5. The molecule has 2 aliphatic heterocycles. The van der Waals surface area contributed by atoms with Crippen molar-refractivity contribution in [2.24, 2.45) is 0 Å². The van der Waals surface area contributed by atoms with Crippen LogP contribution < -0.4 is 5.32 Å². The van der Waals surface area contributed by atoms with E-state index in [0.717, 1.165) is 57.4 Å². The number of nitrogens with one attached hydrogen (secondary N) is 1. The minimum absolute atomic E-state index is 0.0814. The molecule has 2 saturated heterocycles. The summed E-state index contributed by atoms with van der Waals surface area (Å²) in [5, 5.41) is 3.06. The van der Waals surface area contributed by atoms with Crippen molar-refractivity contribution in [2.45, 2.75) is 51.0 Å². The molecule has 1 aromatic rings. The average Bonchev–Trinajstić information content (AvgIpc) is 2.73. The zero-order valence-electron chi connectivity index (χ0n) is 16.8. The number of rotatable bonds is 2. The summed E-state index contributed by atoms with van der Waals surface area (Å²) in [5.41, 5.74) is 1.04. The Morgan fingerprint density at radius 3 is 2.57 bits per heavy atom. The second-order valence-electron chi connectivity index (χ2n) is 7.87. The van der Waals surface area contributed by atoms with Gasteiger partial charge in [-0.05, 0) is 50.3 Å². The van der Waals surface area contributed by atoms with Crippen molar-refractivity contribution in [3.8, 4) is 0 Å². The van der Waals surface area contributed by atoms with E-state index in [9.17, 15) is 9.59 Å². The highest BCUT2D eigenvalue weighted by Gasteiger charge is 2.24. The topological polar surface area (TPSA) is 52.7 Å². The molecule has 1 unspecified atom stereocenters. The standard InChI is InChI=1S/C23H33N3O2/c27-22-19-21-11-4-6-15-25(21)17-8-18-26(16-7-5-14-24-22)23(28)13-12-20-9-2-1-3-10-20/h1-3,9-10,12-13,21H,4-8,11,14-19H2,(H,24,27). The van der Waals surface area contributed by atoms with Crippen LogP contribution in [0.5, 0.6) is 0 Å². The van der Waals surface area contributed by atoms with Crippen LogP contribution in [0.15, 0.2) is 36.4 Å². The quantitative estimate of drug-likeness (QED) is 0.799. The lowest BCUT2D eigenvalue weighted by molar-refractivity contribution is -0.126. The molecule has 0 aliphatic carbocycles. The Morgan fingerprint density at radius 1 is 0.964 bits per heavy atom. The fourth-order valence-electron chi connectivity index (χ4n) is 4.16. The Bertz CT molecular complexity index is 659. The van der Waals surface area contributed by atoms with E-state index in [0.29, 0.717) is 19.0 Å². The van der Waals surface area contributed by atoms with E-state index in [2.05, 4.69) is 10.2 Å². The first-order valence-electron chi connectivity index (χ1n) is 10.7. The molecule has 152 valence electrons. The van der Waals surface area contributed by atoms with E-state index < -0.39 is 0 Å². The van der Waals surface area contributed by atoms with Crippen molar-refractivity contribution in [1.29, 1.82) is 0 Å². The van der Waals surface area contributed by atoms with E-state index in [1.807, 2.05) is 41.3 Å². The van der Waals surface area contributed by atoms with Gasteiger partial charge in [-0.3, -0.25) is 14.5 Å². The second-order valence-corrected chi connectivity index (χ2v) is 7.87. The maximum absolute atomic E-state index is 12.7. The average molecular weight is 384 g/mol. The van der Waals surface area contributed by atoms with Crippen LogP contribution in [-0.4, -0.2) is 60.4 Å². The van der Waals surface area contributed by atoms with Crippen molar-refractivity contribution in [3.05, 3.63) is 42.0 Å². The Balaban J connectivity index is 1.61. The fourth-order valence-corrected chi connectivity index (χ4v) is 4.16. The normalized spacial score (nSPS) is 23.2. The predicted octanol–water partition coefficient (Wildman–Crippen LogP) is 3.07. The number of carbonyl (C=O) groups excluding carboxylic acids is 2. The summed E-state index contributed by atoms with van der Waals surface area (Å²) in [4.78, 5) is 29.4. The first-order valence-corrected chi connectivity index (χ1v) is 10.7. The van der Waals surface area contributed by atoms with Crippen molar-refractivity contribution in [2.75, 3.05) is 32.7 Å². The summed E-state index contributed by atoms with van der Waals surface area (Å²) in [7, 11) is 0. The zero-order valence-corrected chi connectivity index (χ0v) is 16.8. The molecule has 2 fully saturated rings. The lowest BCUT2D eigenvalue weighted by Gasteiger charge is -2.35. The Hall–Kier alpha value is -2.14. The summed E-state index contributed by atoms with van der Waals surface area (Å²) in [5.74, 6) is 0.257. The number of hydrogen-bond acceptors (Lipinski definition) is 3. The Morgan fingerprint density at radius 2 is 1.71 bits per heavy atom. The van der Waals surface area contributed by atoms with Crippen LogP contribution in [-0.2, 0) is 9.59 Å². The van der Waals surface area contributed by atoms with Gasteiger partial charge in [0, 0.05) is 44.7 Å². The highest BCUT2D eigenvalue weighted by atomic mass is 16.2. The molecule has 0 radical (unpaired) electrons. The molecule has 1 atom stereocenters. The van der Waals surface area contributed by atoms with Gasteiger partial charge in [-0.1, -0.05) is 36.8 Å². The van der Waals surface area contributed by atoms with E-state index in [4.69, 9.17) is 0 Å². The van der Waals surface area contributed by atoms with E-state index in [-0.39, 0.29) is 11.8 Å². The summed E-state index contributed by atoms with van der Waals surface area (Å²) in [6, 6.07) is 10.3. The number of piperidine rings is 1. The molecule has 5 heteroatoms. The first-order chi connectivity index (χ1) is 13.7. The van der Waals surface area contributed by atoms with Crippen LogP contribution in [0.3, 0.4) is 0 Å². The molecule has 2 heterocycles. The van der Waals surface area contributed by atoms with Gasteiger partial charge in [0.2, 0.25) is 11.8 Å². The number of fused-ring (bicyclic) bond motifs is 1. The third kappa shape index (κ3) is 6.48. The van der Waals surface area contributed by atoms with Gasteiger partial charge in [0.15, 0.2) is 0 Å². The molecule has 0 aromatic heterocycles. The molecule has 28 heavy (non-hydrogen) atoms. The highest BCUT2D eigenvalue weighted by Crippen LogP contribution is 2.20. The largest absolute Gasteiger partial charge is 0.356 e. The smallest absolute Gasteiger partial charge is 0.246 e. The van der Waals surface area contributed by atoms with E-state index in [1.165, 1.54) is 12.8 Å². The van der Waals surface area contributed by atoms with Gasteiger partial charge >= 0.3 is 0 Å². The number of benzene rings is 1. The van der Waals surface area contributed by atoms with Crippen molar-refractivity contribution in [1.82, 2.24) is 15.1 Å². The molecule has 0 bridgehead atoms. The molecule has 0 spiro atoms. The zero-order chi connectivity index (χ0) is 19.6. The van der Waals surface area contributed by atoms with Gasteiger partial charge in [0.1, 0.15) is 0 Å². The lowest BCUT2D eigenvalue weighted by Crippen LogP contribution is -2.43. The van der Waals surface area contributed by atoms with Crippen molar-refractivity contribution < 1.29 is 9.59 Å². The number of amides is 2. The predicted molar refractivity (Wildman–Crippen MR) is 113 cm³/mol. The van der Waals surface area contributed by atoms with Crippen LogP contribution in [0, 0.1) is 0 Å². The fraction of sp³-hybridized carbons (Fsp3) is 0.565. The maximum Gasteiger partial charge on any atom is 0.246 e. The first kappa shape index (κ1) is 20.6. The SMILES string of the molecule is O=C1CC2CCCCN2CCCN(C(=O)C=Cc2ccccc2)CCCCN1. The summed E-state index contributed by atoms with van der Waals surface area (Å²) in [6.45, 7) is 4.26. The molecule has 0 saturated carbocycles. The van der Waals surface area contributed by atoms with Gasteiger partial charge < -0.3 is 10.2 Å². The van der Waals surface area contributed by atoms with Crippen LogP contribution in [0.25, 0.3) is 6.08 Å². The molecular weight excluding hydrogens is 350 g/mol. The van der Waals surface area contributed by atoms with Gasteiger partial charge in [-0.15, -0.1) is 0 Å². The monoisotopic (exact) mass is 383 g/mol. The number of carbonyl (C=O) groups is 2. The number of nitrogens with zero attached hydrogens (tertiary/aromatic N) is 2. The van der Waals surface area contributed by atoms with Crippen LogP contribution in [0.1, 0.15) is 50.5 Å². The Labute approximate surface area is 168 Å². The van der Waals surface area contributed by atoms with Crippen molar-refractivity contribution >= 4 is 17.9 Å². The van der Waals surface area contributed by atoms with Gasteiger partial charge in [0.05, 0.1) is 0 Å². The minimum Gasteiger partial charge on any atom is -0.356 e. The van der Waals surface area contributed by atoms with Crippen LogP contribution >= 0.6 is 0 Å². The summed E-state index contributed by atoms with van der Waals surface area (Å²) >= 11 is 0. The van der Waals surface area contributed by atoms with Crippen LogP contribution in [0.4, 0.5) is 0 Å². The molecule has 5 nitrogen and oxygen atoms in total. The number of hydrogen-bond donors (Lipinski definition) is 1. The molecular formula is C23H33N3O2. The van der Waals surface area contributed by atoms with Gasteiger partial charge in [-0.25, -0.2) is 0 Å². The van der Waals surface area contributed by atoms with E-state index >= 15 is 0 Å². The van der Waals surface area contributed by atoms with Gasteiger partial charge in [0.25, 0.3) is 0 Å². The highest BCUT2D eigenvalue weighted by molar-refractivity contribution is 5.91. The third-order valence-corrected chi connectivity index (χ3v) is 5.75. The lowest BCUT2D eigenvalue weighted by atomic mass is 9.98.